The Morgan fingerprint density at radius 3 is 2.67 bits per heavy atom. The molecule has 186 valence electrons. The van der Waals surface area contributed by atoms with Crippen LogP contribution in [0.2, 0.25) is 5.02 Å². The second-order valence-corrected chi connectivity index (χ2v) is 10.7. The minimum atomic E-state index is -0.485. The van der Waals surface area contributed by atoms with E-state index in [0.29, 0.717) is 15.2 Å². The third-order valence-electron chi connectivity index (χ3n) is 6.69. The van der Waals surface area contributed by atoms with Crippen molar-refractivity contribution in [1.29, 1.82) is 5.41 Å². The number of likely N-dealkylation sites (tertiary alicyclic amines) is 1. The highest BCUT2D eigenvalue weighted by Gasteiger charge is 2.36. The Kier molecular flexibility index (Phi) is 6.61. The molecule has 0 unspecified atom stereocenters. The number of aryl methyl sites for hydroxylation is 2. The zero-order valence-electron chi connectivity index (χ0n) is 20.5. The van der Waals surface area contributed by atoms with Gasteiger partial charge in [-0.15, -0.1) is 0 Å². The number of carbonyl (C=O) groups excluding carboxylic acids is 2. The van der Waals surface area contributed by atoms with Gasteiger partial charge in [0.2, 0.25) is 11.1 Å². The Balaban J connectivity index is 1.41. The Labute approximate surface area is 219 Å². The van der Waals surface area contributed by atoms with E-state index in [2.05, 4.69) is 14.7 Å². The van der Waals surface area contributed by atoms with Crippen molar-refractivity contribution >= 4 is 57.3 Å². The highest BCUT2D eigenvalue weighted by atomic mass is 35.5. The fourth-order valence-corrected chi connectivity index (χ4v) is 5.81. The minimum Gasteiger partial charge on any atom is -0.342 e. The predicted octanol–water partition coefficient (Wildman–Crippen LogP) is 5.08. The Morgan fingerprint density at radius 1 is 1.17 bits per heavy atom. The number of aromatic nitrogens is 1. The molecular formula is C26H27ClN6O2S. The van der Waals surface area contributed by atoms with Gasteiger partial charge in [-0.1, -0.05) is 17.7 Å². The molecule has 2 amide bonds. The number of nitrogens with zero attached hydrogens (tertiary/aromatic N) is 5. The molecule has 3 aliphatic rings. The van der Waals surface area contributed by atoms with Crippen LogP contribution in [-0.4, -0.2) is 55.4 Å². The summed E-state index contributed by atoms with van der Waals surface area (Å²) in [5, 5.41) is 16.0. The SMILES string of the molecule is Cc1ccc(Cl)cc1-n1c(C)cc(C=C2C(=N)N3N=C(CC(=O)N4CCCCC4)SC3=NC2=O)c1C. The number of nitrogens with one attached hydrogen (secondary N) is 1. The number of rotatable bonds is 4. The van der Waals surface area contributed by atoms with Crippen LogP contribution < -0.4 is 0 Å². The number of carbonyl (C=O) groups is 2. The van der Waals surface area contributed by atoms with E-state index in [1.54, 1.807) is 6.08 Å². The molecule has 1 aromatic heterocycles. The van der Waals surface area contributed by atoms with Crippen LogP contribution in [0.5, 0.6) is 0 Å². The number of fused-ring (bicyclic) bond motifs is 1. The normalized spacial score (nSPS) is 19.1. The summed E-state index contributed by atoms with van der Waals surface area (Å²) >= 11 is 7.44. The summed E-state index contributed by atoms with van der Waals surface area (Å²) in [6.45, 7) is 7.54. The second-order valence-electron chi connectivity index (χ2n) is 9.22. The molecule has 1 aromatic carbocycles. The van der Waals surface area contributed by atoms with Gasteiger partial charge in [-0.05, 0) is 87.2 Å². The first-order valence-corrected chi connectivity index (χ1v) is 13.1. The van der Waals surface area contributed by atoms with Crippen molar-refractivity contribution in [3.63, 3.8) is 0 Å². The van der Waals surface area contributed by atoms with Crippen LogP contribution in [0.3, 0.4) is 0 Å². The summed E-state index contributed by atoms with van der Waals surface area (Å²) in [5.41, 5.74) is 4.93. The zero-order valence-corrected chi connectivity index (χ0v) is 22.0. The minimum absolute atomic E-state index is 0.0266. The van der Waals surface area contributed by atoms with Crippen molar-refractivity contribution in [2.24, 2.45) is 10.1 Å². The van der Waals surface area contributed by atoms with Gasteiger partial charge in [0.1, 0.15) is 5.04 Å². The van der Waals surface area contributed by atoms with Gasteiger partial charge in [-0.25, -0.2) is 0 Å². The standard InChI is InChI=1S/C26H27ClN6O2S/c1-15-7-8-19(27)13-21(15)32-16(2)11-18(17(32)3)12-20-24(28)33-26(29-25(20)35)36-22(30-33)14-23(34)31-9-5-4-6-10-31/h7-8,11-13,28H,4-6,9-10,14H2,1-3H3. The van der Waals surface area contributed by atoms with E-state index in [1.807, 2.05) is 49.9 Å². The lowest BCUT2D eigenvalue weighted by molar-refractivity contribution is -0.130. The maximum Gasteiger partial charge on any atom is 0.283 e. The molecule has 1 saturated heterocycles. The van der Waals surface area contributed by atoms with Gasteiger partial charge in [-0.3, -0.25) is 15.0 Å². The van der Waals surface area contributed by atoms with Gasteiger partial charge in [0.05, 0.1) is 12.0 Å². The van der Waals surface area contributed by atoms with Gasteiger partial charge in [0.15, 0.2) is 5.84 Å². The number of hydrazone groups is 1. The molecule has 0 bridgehead atoms. The fourth-order valence-electron chi connectivity index (χ4n) is 4.77. The average molecular weight is 523 g/mol. The third-order valence-corrected chi connectivity index (χ3v) is 7.83. The van der Waals surface area contributed by atoms with Crippen LogP contribution in [0.1, 0.15) is 48.2 Å². The van der Waals surface area contributed by atoms with Crippen LogP contribution in [0.4, 0.5) is 0 Å². The number of halogens is 1. The molecule has 1 N–H and O–H groups in total. The van der Waals surface area contributed by atoms with E-state index < -0.39 is 5.91 Å². The number of aliphatic imine (C=N–C) groups is 1. The molecule has 5 rings (SSSR count). The molecule has 0 atom stereocenters. The topological polar surface area (TPSA) is 94.1 Å². The highest BCUT2D eigenvalue weighted by Crippen LogP contribution is 2.32. The summed E-state index contributed by atoms with van der Waals surface area (Å²) in [6, 6.07) is 7.73. The van der Waals surface area contributed by atoms with E-state index in [0.717, 1.165) is 60.6 Å². The number of amides is 2. The summed E-state index contributed by atoms with van der Waals surface area (Å²) in [7, 11) is 0. The fraction of sp³-hybridized carbons (Fsp3) is 0.346. The van der Waals surface area contributed by atoms with Crippen LogP contribution in [0.15, 0.2) is 39.9 Å². The molecule has 1 fully saturated rings. The smallest absolute Gasteiger partial charge is 0.283 e. The van der Waals surface area contributed by atoms with Crippen molar-refractivity contribution < 1.29 is 9.59 Å². The van der Waals surface area contributed by atoms with E-state index in [4.69, 9.17) is 17.0 Å². The molecule has 0 aliphatic carbocycles. The Bertz CT molecular complexity index is 1380. The maximum absolute atomic E-state index is 12.9. The first kappa shape index (κ1) is 24.5. The number of hydrogen-bond acceptors (Lipinski definition) is 5. The average Bonchev–Trinajstić information content (AvgIpc) is 3.38. The highest BCUT2D eigenvalue weighted by molar-refractivity contribution is 8.27. The third kappa shape index (κ3) is 4.53. The molecule has 10 heteroatoms. The summed E-state index contributed by atoms with van der Waals surface area (Å²) in [4.78, 5) is 31.6. The van der Waals surface area contributed by atoms with Gasteiger partial charge in [0.25, 0.3) is 5.91 Å². The lowest BCUT2D eigenvalue weighted by Crippen LogP contribution is -2.36. The van der Waals surface area contributed by atoms with Gasteiger partial charge in [-0.2, -0.15) is 15.1 Å². The molecule has 0 saturated carbocycles. The number of piperidine rings is 1. The molecule has 3 aliphatic heterocycles. The van der Waals surface area contributed by atoms with Crippen LogP contribution in [0.25, 0.3) is 11.8 Å². The van der Waals surface area contributed by atoms with E-state index in [1.165, 1.54) is 16.8 Å². The van der Waals surface area contributed by atoms with Gasteiger partial charge in [0, 0.05) is 35.2 Å². The first-order chi connectivity index (χ1) is 17.2. The molecule has 4 heterocycles. The molecular weight excluding hydrogens is 496 g/mol. The van der Waals surface area contributed by atoms with E-state index >= 15 is 0 Å². The maximum atomic E-state index is 12.9. The lowest BCUT2D eigenvalue weighted by atomic mass is 10.1. The number of hydrogen-bond donors (Lipinski definition) is 1. The number of amidine groups is 2. The molecule has 8 nitrogen and oxygen atoms in total. The number of thioether (sulfide) groups is 1. The molecule has 0 radical (unpaired) electrons. The second kappa shape index (κ2) is 9.71. The van der Waals surface area contributed by atoms with Crippen molar-refractivity contribution in [2.75, 3.05) is 13.1 Å². The summed E-state index contributed by atoms with van der Waals surface area (Å²) < 4.78 is 2.09. The monoisotopic (exact) mass is 522 g/mol. The van der Waals surface area contributed by atoms with Crippen molar-refractivity contribution in [3.05, 3.63) is 57.4 Å². The van der Waals surface area contributed by atoms with E-state index in [9.17, 15) is 9.59 Å². The van der Waals surface area contributed by atoms with Crippen molar-refractivity contribution in [1.82, 2.24) is 14.5 Å². The van der Waals surface area contributed by atoms with Crippen LogP contribution >= 0.6 is 23.4 Å². The Hall–Kier alpha value is -3.17. The van der Waals surface area contributed by atoms with Gasteiger partial charge < -0.3 is 9.47 Å². The summed E-state index contributed by atoms with van der Waals surface area (Å²) in [5.74, 6) is -0.498. The molecule has 0 spiro atoms. The molecule has 2 aromatic rings. The van der Waals surface area contributed by atoms with Gasteiger partial charge >= 0.3 is 0 Å². The first-order valence-electron chi connectivity index (χ1n) is 12.0. The van der Waals surface area contributed by atoms with Crippen LogP contribution in [-0.2, 0) is 9.59 Å². The predicted molar refractivity (Wildman–Crippen MR) is 145 cm³/mol. The van der Waals surface area contributed by atoms with E-state index in [-0.39, 0.29) is 23.7 Å². The number of benzene rings is 1. The molecule has 36 heavy (non-hydrogen) atoms. The zero-order chi connectivity index (χ0) is 25.6. The van der Waals surface area contributed by atoms with Crippen LogP contribution in [0, 0.1) is 26.2 Å². The largest absolute Gasteiger partial charge is 0.342 e. The quantitative estimate of drug-likeness (QED) is 0.567. The lowest BCUT2D eigenvalue weighted by Gasteiger charge is -2.26. The van der Waals surface area contributed by atoms with Crippen molar-refractivity contribution in [2.45, 2.75) is 46.5 Å². The Morgan fingerprint density at radius 2 is 1.92 bits per heavy atom. The summed E-state index contributed by atoms with van der Waals surface area (Å²) in [6.07, 6.45) is 5.05. The van der Waals surface area contributed by atoms with Crippen molar-refractivity contribution in [3.8, 4) is 5.69 Å².